The average molecular weight is 186 g/mol. The summed E-state index contributed by atoms with van der Waals surface area (Å²) in [5.74, 6) is 0. The van der Waals surface area contributed by atoms with Gasteiger partial charge < -0.3 is 5.73 Å². The molecule has 1 aromatic heterocycles. The summed E-state index contributed by atoms with van der Waals surface area (Å²) >= 11 is 0. The SMILES string of the molecule is Cc1ccc2c(C)c(CN)cnc2c1. The van der Waals surface area contributed by atoms with Crippen LogP contribution in [0.25, 0.3) is 10.9 Å². The van der Waals surface area contributed by atoms with Crippen LogP contribution in [0, 0.1) is 13.8 Å². The molecule has 0 aliphatic rings. The Bertz CT molecular complexity index is 475. The van der Waals surface area contributed by atoms with Crippen molar-refractivity contribution >= 4 is 10.9 Å². The molecule has 2 nitrogen and oxygen atoms in total. The Kier molecular flexibility index (Phi) is 2.22. The van der Waals surface area contributed by atoms with E-state index in [0.717, 1.165) is 11.1 Å². The van der Waals surface area contributed by atoms with Gasteiger partial charge in [0.25, 0.3) is 0 Å². The quantitative estimate of drug-likeness (QED) is 0.742. The molecular weight excluding hydrogens is 172 g/mol. The fourth-order valence-corrected chi connectivity index (χ4v) is 1.69. The molecule has 72 valence electrons. The highest BCUT2D eigenvalue weighted by atomic mass is 14.7. The topological polar surface area (TPSA) is 38.9 Å². The van der Waals surface area contributed by atoms with Crippen LogP contribution in [-0.2, 0) is 6.54 Å². The van der Waals surface area contributed by atoms with Crippen molar-refractivity contribution in [2.45, 2.75) is 20.4 Å². The number of rotatable bonds is 1. The van der Waals surface area contributed by atoms with E-state index >= 15 is 0 Å². The molecule has 0 radical (unpaired) electrons. The summed E-state index contributed by atoms with van der Waals surface area (Å²) in [6.45, 7) is 4.73. The van der Waals surface area contributed by atoms with Crippen LogP contribution >= 0.6 is 0 Å². The minimum Gasteiger partial charge on any atom is -0.326 e. The molecule has 1 heterocycles. The summed E-state index contributed by atoms with van der Waals surface area (Å²) in [7, 11) is 0. The van der Waals surface area contributed by atoms with Gasteiger partial charge in [0.1, 0.15) is 0 Å². The van der Waals surface area contributed by atoms with E-state index in [0.29, 0.717) is 6.54 Å². The maximum absolute atomic E-state index is 5.63. The number of pyridine rings is 1. The van der Waals surface area contributed by atoms with E-state index in [1.165, 1.54) is 16.5 Å². The largest absolute Gasteiger partial charge is 0.326 e. The van der Waals surface area contributed by atoms with Crippen LogP contribution in [0.1, 0.15) is 16.7 Å². The molecular formula is C12H14N2. The fourth-order valence-electron chi connectivity index (χ4n) is 1.69. The second kappa shape index (κ2) is 3.39. The molecule has 0 spiro atoms. The molecule has 2 heteroatoms. The zero-order valence-corrected chi connectivity index (χ0v) is 8.54. The number of aryl methyl sites for hydroxylation is 2. The molecule has 0 fully saturated rings. The standard InChI is InChI=1S/C12H14N2/c1-8-3-4-11-9(2)10(6-13)7-14-12(11)5-8/h3-5,7H,6,13H2,1-2H3. The molecule has 0 bridgehead atoms. The summed E-state index contributed by atoms with van der Waals surface area (Å²) in [4.78, 5) is 4.39. The summed E-state index contributed by atoms with van der Waals surface area (Å²) < 4.78 is 0. The van der Waals surface area contributed by atoms with Gasteiger partial charge in [-0.3, -0.25) is 4.98 Å². The molecule has 2 N–H and O–H groups in total. The van der Waals surface area contributed by atoms with Crippen molar-refractivity contribution < 1.29 is 0 Å². The number of nitrogens with two attached hydrogens (primary N) is 1. The maximum Gasteiger partial charge on any atom is 0.0707 e. The van der Waals surface area contributed by atoms with E-state index in [4.69, 9.17) is 5.73 Å². The van der Waals surface area contributed by atoms with Crippen LogP contribution in [0.4, 0.5) is 0 Å². The molecule has 0 saturated carbocycles. The predicted molar refractivity (Wildman–Crippen MR) is 59.1 cm³/mol. The first kappa shape index (κ1) is 9.16. The summed E-state index contributed by atoms with van der Waals surface area (Å²) in [6, 6.07) is 6.33. The van der Waals surface area contributed by atoms with Crippen LogP contribution in [0.3, 0.4) is 0 Å². The van der Waals surface area contributed by atoms with Crippen LogP contribution in [0.15, 0.2) is 24.4 Å². The fraction of sp³-hybridized carbons (Fsp3) is 0.250. The van der Waals surface area contributed by atoms with Gasteiger partial charge in [0.05, 0.1) is 5.52 Å². The first-order valence-electron chi connectivity index (χ1n) is 4.77. The van der Waals surface area contributed by atoms with Gasteiger partial charge in [0, 0.05) is 18.1 Å². The van der Waals surface area contributed by atoms with Gasteiger partial charge in [-0.05, 0) is 36.6 Å². The first-order chi connectivity index (χ1) is 6.72. The molecule has 0 atom stereocenters. The lowest BCUT2D eigenvalue weighted by molar-refractivity contribution is 1.04. The predicted octanol–water partition coefficient (Wildman–Crippen LogP) is 2.31. The minimum absolute atomic E-state index is 0.558. The molecule has 1 aromatic carbocycles. The highest BCUT2D eigenvalue weighted by molar-refractivity contribution is 5.83. The minimum atomic E-state index is 0.558. The molecule has 14 heavy (non-hydrogen) atoms. The van der Waals surface area contributed by atoms with Gasteiger partial charge in [-0.25, -0.2) is 0 Å². The second-order valence-corrected chi connectivity index (χ2v) is 3.63. The van der Waals surface area contributed by atoms with E-state index in [-0.39, 0.29) is 0 Å². The van der Waals surface area contributed by atoms with Crippen LogP contribution in [0.5, 0.6) is 0 Å². The number of hydrogen-bond donors (Lipinski definition) is 1. The lowest BCUT2D eigenvalue weighted by Gasteiger charge is -2.06. The highest BCUT2D eigenvalue weighted by Crippen LogP contribution is 2.20. The maximum atomic E-state index is 5.63. The van der Waals surface area contributed by atoms with Crippen LogP contribution in [-0.4, -0.2) is 4.98 Å². The zero-order valence-electron chi connectivity index (χ0n) is 8.54. The van der Waals surface area contributed by atoms with Gasteiger partial charge >= 0.3 is 0 Å². The molecule has 2 aromatic rings. The van der Waals surface area contributed by atoms with E-state index < -0.39 is 0 Å². The van der Waals surface area contributed by atoms with Crippen molar-refractivity contribution in [2.24, 2.45) is 5.73 Å². The lowest BCUT2D eigenvalue weighted by atomic mass is 10.0. The smallest absolute Gasteiger partial charge is 0.0707 e. The molecule has 0 aliphatic carbocycles. The Balaban J connectivity index is 2.77. The zero-order chi connectivity index (χ0) is 10.1. The summed E-state index contributed by atoms with van der Waals surface area (Å²) in [6.07, 6.45) is 1.87. The first-order valence-corrected chi connectivity index (χ1v) is 4.77. The normalized spacial score (nSPS) is 10.8. The van der Waals surface area contributed by atoms with Gasteiger partial charge in [-0.1, -0.05) is 12.1 Å². The molecule has 0 aliphatic heterocycles. The van der Waals surface area contributed by atoms with Crippen molar-refractivity contribution in [3.05, 3.63) is 41.1 Å². The molecule has 0 saturated heterocycles. The van der Waals surface area contributed by atoms with Crippen molar-refractivity contribution in [3.8, 4) is 0 Å². The number of nitrogens with zero attached hydrogens (tertiary/aromatic N) is 1. The number of benzene rings is 1. The van der Waals surface area contributed by atoms with Gasteiger partial charge in [-0.15, -0.1) is 0 Å². The van der Waals surface area contributed by atoms with Crippen molar-refractivity contribution in [2.75, 3.05) is 0 Å². The van der Waals surface area contributed by atoms with Crippen LogP contribution in [0.2, 0.25) is 0 Å². The van der Waals surface area contributed by atoms with Crippen molar-refractivity contribution in [1.82, 2.24) is 4.98 Å². The Hall–Kier alpha value is -1.41. The molecule has 0 amide bonds. The van der Waals surface area contributed by atoms with Crippen molar-refractivity contribution in [1.29, 1.82) is 0 Å². The van der Waals surface area contributed by atoms with E-state index in [2.05, 4.69) is 37.0 Å². The average Bonchev–Trinajstić information content (AvgIpc) is 2.18. The Morgan fingerprint density at radius 3 is 2.79 bits per heavy atom. The number of hydrogen-bond acceptors (Lipinski definition) is 2. The van der Waals surface area contributed by atoms with Crippen LogP contribution < -0.4 is 5.73 Å². The summed E-state index contributed by atoms with van der Waals surface area (Å²) in [5, 5.41) is 1.21. The summed E-state index contributed by atoms with van der Waals surface area (Å²) in [5.41, 5.74) is 10.3. The third kappa shape index (κ3) is 1.38. The lowest BCUT2D eigenvalue weighted by Crippen LogP contribution is -2.00. The number of fused-ring (bicyclic) bond motifs is 1. The van der Waals surface area contributed by atoms with Crippen molar-refractivity contribution in [3.63, 3.8) is 0 Å². The third-order valence-electron chi connectivity index (χ3n) is 2.62. The van der Waals surface area contributed by atoms with Gasteiger partial charge in [0.2, 0.25) is 0 Å². The second-order valence-electron chi connectivity index (χ2n) is 3.63. The van der Waals surface area contributed by atoms with E-state index in [1.807, 2.05) is 6.20 Å². The highest BCUT2D eigenvalue weighted by Gasteiger charge is 2.02. The molecule has 0 unspecified atom stereocenters. The Morgan fingerprint density at radius 1 is 1.29 bits per heavy atom. The van der Waals surface area contributed by atoms with Gasteiger partial charge in [-0.2, -0.15) is 0 Å². The number of aromatic nitrogens is 1. The van der Waals surface area contributed by atoms with Gasteiger partial charge in [0.15, 0.2) is 0 Å². The monoisotopic (exact) mass is 186 g/mol. The van der Waals surface area contributed by atoms with E-state index in [1.54, 1.807) is 0 Å². The third-order valence-corrected chi connectivity index (χ3v) is 2.62. The van der Waals surface area contributed by atoms with E-state index in [9.17, 15) is 0 Å². The Morgan fingerprint density at radius 2 is 2.07 bits per heavy atom. The Labute approximate surface area is 83.8 Å². The molecule has 2 rings (SSSR count).